The molecule has 0 saturated carbocycles. The monoisotopic (exact) mass is 519 g/mol. The fourth-order valence-corrected chi connectivity index (χ4v) is 6.84. The van der Waals surface area contributed by atoms with Gasteiger partial charge in [-0.25, -0.2) is 14.0 Å². The van der Waals surface area contributed by atoms with E-state index in [0.717, 1.165) is 15.8 Å². The Morgan fingerprint density at radius 2 is 1.40 bits per heavy atom. The zero-order valence-corrected chi connectivity index (χ0v) is 23.7. The summed E-state index contributed by atoms with van der Waals surface area (Å²) in [5.41, 5.74) is 0.238. The molecule has 0 bridgehead atoms. The van der Waals surface area contributed by atoms with Crippen LogP contribution in [0.2, 0.25) is 18.1 Å². The predicted octanol–water partition coefficient (Wildman–Crippen LogP) is 6.95. The molecule has 1 heterocycles. The van der Waals surface area contributed by atoms with E-state index in [2.05, 4.69) is 33.9 Å². The fourth-order valence-electron chi connectivity index (χ4n) is 4.04. The molecule has 0 N–H and O–H groups in total. The topological polar surface area (TPSA) is 74.3 Å². The lowest BCUT2D eigenvalue weighted by Crippen LogP contribution is -2.50. The maximum atomic E-state index is 14.0. The number of rotatable bonds is 10. The van der Waals surface area contributed by atoms with E-state index in [0.29, 0.717) is 0 Å². The summed E-state index contributed by atoms with van der Waals surface area (Å²) in [5.74, 6) is 0. The second-order valence-electron chi connectivity index (χ2n) is 10.1. The van der Waals surface area contributed by atoms with Crippen LogP contribution in [-0.2, 0) is 28.4 Å². The molecule has 0 aromatic heterocycles. The molecule has 2 aromatic rings. The van der Waals surface area contributed by atoms with E-state index in [9.17, 15) is 9.36 Å². The Morgan fingerprint density at radius 3 is 1.80 bits per heavy atom. The molecule has 35 heavy (non-hydrogen) atoms. The Kier molecular flexibility index (Phi) is 8.34. The largest absolute Gasteiger partial charge is 0.440 e. The van der Waals surface area contributed by atoms with Gasteiger partial charge in [-0.3, -0.25) is 9.05 Å². The highest BCUT2D eigenvalue weighted by Gasteiger charge is 2.62. The summed E-state index contributed by atoms with van der Waals surface area (Å²) >= 11 is 0. The number of nitrogens with zero attached hydrogens (tertiary/aromatic N) is 1. The summed E-state index contributed by atoms with van der Waals surface area (Å²) in [6.07, 6.45) is -0.758. The summed E-state index contributed by atoms with van der Waals surface area (Å²) in [4.78, 5) is 13.6. The number of cyclic esters (lactones) is 1. The van der Waals surface area contributed by atoms with Gasteiger partial charge in [0.05, 0.1) is 19.8 Å². The number of carbonyl (C=O) groups excluding carboxylic acids is 1. The van der Waals surface area contributed by atoms with Crippen LogP contribution in [0.1, 0.15) is 45.7 Å². The Morgan fingerprint density at radius 1 is 0.943 bits per heavy atom. The van der Waals surface area contributed by atoms with Crippen molar-refractivity contribution in [1.29, 1.82) is 0 Å². The molecular weight excluding hydrogens is 481 g/mol. The van der Waals surface area contributed by atoms with Crippen LogP contribution in [-0.4, -0.2) is 44.9 Å². The first-order valence-corrected chi connectivity index (χ1v) is 16.5. The summed E-state index contributed by atoms with van der Waals surface area (Å²) in [6, 6.07) is 18.2. The molecule has 1 aliphatic rings. The van der Waals surface area contributed by atoms with Crippen LogP contribution >= 0.6 is 7.75 Å². The minimum atomic E-state index is -4.03. The van der Waals surface area contributed by atoms with Gasteiger partial charge in [0.25, 0.3) is 0 Å². The van der Waals surface area contributed by atoms with Gasteiger partial charge in [-0.05, 0) is 32.0 Å². The smallest absolute Gasteiger partial charge is 0.430 e. The molecule has 3 rings (SSSR count). The van der Waals surface area contributed by atoms with Crippen molar-refractivity contribution in [3.63, 3.8) is 0 Å². The minimum absolute atomic E-state index is 0.0625. The average Bonchev–Trinajstić information content (AvgIpc) is 3.12. The quantitative estimate of drug-likeness (QED) is 0.250. The molecule has 1 atom stereocenters. The van der Waals surface area contributed by atoms with Gasteiger partial charge in [-0.15, -0.1) is 0 Å². The molecule has 0 spiro atoms. The van der Waals surface area contributed by atoms with E-state index in [1.165, 1.54) is 0 Å². The van der Waals surface area contributed by atoms with E-state index in [1.54, 1.807) is 13.8 Å². The van der Waals surface area contributed by atoms with Gasteiger partial charge < -0.3 is 9.16 Å². The van der Waals surface area contributed by atoms with E-state index in [4.69, 9.17) is 18.2 Å². The first-order valence-electron chi connectivity index (χ1n) is 12.1. The first-order chi connectivity index (χ1) is 16.4. The molecule has 1 fully saturated rings. The second kappa shape index (κ2) is 10.6. The Bertz CT molecular complexity index is 991. The fraction of sp³-hybridized carbons (Fsp3) is 0.500. The molecule has 2 aromatic carbocycles. The average molecular weight is 520 g/mol. The molecule has 1 amide bonds. The summed E-state index contributed by atoms with van der Waals surface area (Å²) in [5, 5.41) is -0.0625. The summed E-state index contributed by atoms with van der Waals surface area (Å²) < 4.78 is 39.3. The summed E-state index contributed by atoms with van der Waals surface area (Å²) in [7, 11) is -6.28. The Hall–Kier alpha value is -1.96. The molecule has 7 nitrogen and oxygen atoms in total. The normalized spacial score (nSPS) is 18.5. The third-order valence-corrected chi connectivity index (χ3v) is 13.5. The van der Waals surface area contributed by atoms with Gasteiger partial charge >= 0.3 is 13.8 Å². The van der Waals surface area contributed by atoms with Crippen molar-refractivity contribution in [1.82, 2.24) is 4.67 Å². The van der Waals surface area contributed by atoms with E-state index < -0.39 is 33.8 Å². The zero-order chi connectivity index (χ0) is 25.9. The molecule has 0 unspecified atom stereocenters. The van der Waals surface area contributed by atoms with Gasteiger partial charge in [0.15, 0.2) is 13.9 Å². The van der Waals surface area contributed by atoms with Crippen LogP contribution in [0.5, 0.6) is 0 Å². The highest BCUT2D eigenvalue weighted by Crippen LogP contribution is 2.60. The number of carbonyl (C=O) groups is 1. The van der Waals surface area contributed by atoms with Gasteiger partial charge in [-0.2, -0.15) is 0 Å². The van der Waals surface area contributed by atoms with Crippen molar-refractivity contribution >= 4 is 22.2 Å². The lowest BCUT2D eigenvalue weighted by Gasteiger charge is -2.41. The zero-order valence-electron chi connectivity index (χ0n) is 21.8. The van der Waals surface area contributed by atoms with Gasteiger partial charge in [0.1, 0.15) is 6.04 Å². The molecule has 0 aliphatic carbocycles. The number of benzene rings is 2. The van der Waals surface area contributed by atoms with Crippen molar-refractivity contribution in [2.45, 2.75) is 64.4 Å². The lowest BCUT2D eigenvalue weighted by atomic mass is 9.81. The van der Waals surface area contributed by atoms with Crippen molar-refractivity contribution in [3.8, 4) is 0 Å². The van der Waals surface area contributed by atoms with Gasteiger partial charge in [0, 0.05) is 11.1 Å². The van der Waals surface area contributed by atoms with Gasteiger partial charge in [-0.1, -0.05) is 81.4 Å². The predicted molar refractivity (Wildman–Crippen MR) is 140 cm³/mol. The molecule has 0 radical (unpaired) electrons. The van der Waals surface area contributed by atoms with Crippen LogP contribution in [0.3, 0.4) is 0 Å². The number of ether oxygens (including phenoxy) is 1. The van der Waals surface area contributed by atoms with E-state index >= 15 is 0 Å². The standard InChI is InChI=1S/C26H38NO6PSi/c1-8-30-34(29,31-9-2)27-23(20-32-35(6,7)25(3,4)5)26(33-24(27)28,21-16-12-10-13-17-21)22-18-14-11-15-19-22/h10-19,23H,8-9,20H2,1-7H3/t23-/m0/s1. The Balaban J connectivity index is 2.24. The van der Waals surface area contributed by atoms with Crippen molar-refractivity contribution in [2.24, 2.45) is 0 Å². The first kappa shape index (κ1) is 27.6. The van der Waals surface area contributed by atoms with E-state index in [-0.39, 0.29) is 24.9 Å². The molecular formula is C26H38NO6PSi. The highest BCUT2D eigenvalue weighted by molar-refractivity contribution is 7.52. The van der Waals surface area contributed by atoms with E-state index in [1.807, 2.05) is 60.7 Å². The van der Waals surface area contributed by atoms with Gasteiger partial charge in [0.2, 0.25) is 0 Å². The van der Waals surface area contributed by atoms with Crippen molar-refractivity contribution < 1.29 is 27.6 Å². The lowest BCUT2D eigenvalue weighted by molar-refractivity contribution is 0.0510. The Labute approximate surface area is 210 Å². The minimum Gasteiger partial charge on any atom is -0.430 e. The third-order valence-electron chi connectivity index (χ3n) is 6.86. The van der Waals surface area contributed by atoms with Crippen LogP contribution < -0.4 is 0 Å². The number of hydrogen-bond donors (Lipinski definition) is 0. The van der Waals surface area contributed by atoms with Crippen LogP contribution in [0, 0.1) is 0 Å². The molecule has 1 aliphatic heterocycles. The number of hydrogen-bond acceptors (Lipinski definition) is 6. The maximum Gasteiger partial charge on any atom is 0.440 e. The molecule has 1 saturated heterocycles. The second-order valence-corrected chi connectivity index (χ2v) is 16.8. The maximum absolute atomic E-state index is 14.0. The van der Waals surface area contributed by atoms with Crippen molar-refractivity contribution in [2.75, 3.05) is 19.8 Å². The molecule has 192 valence electrons. The molecule has 9 heteroatoms. The van der Waals surface area contributed by atoms with Crippen LogP contribution in [0.4, 0.5) is 4.79 Å². The van der Waals surface area contributed by atoms with Crippen molar-refractivity contribution in [3.05, 3.63) is 71.8 Å². The summed E-state index contributed by atoms with van der Waals surface area (Å²) in [6.45, 7) is 14.5. The highest BCUT2D eigenvalue weighted by atomic mass is 31.2. The van der Waals surface area contributed by atoms with Crippen LogP contribution in [0.15, 0.2) is 60.7 Å². The SMILES string of the molecule is CCOP(=O)(OCC)N1C(=O)OC(c2ccccc2)(c2ccccc2)[C@@H]1CO[Si](C)(C)C(C)(C)C. The van der Waals surface area contributed by atoms with Crippen LogP contribution in [0.25, 0.3) is 0 Å². The third kappa shape index (κ3) is 5.27. The number of amides is 1.